The summed E-state index contributed by atoms with van der Waals surface area (Å²) in [5.74, 6) is -0.443. The van der Waals surface area contributed by atoms with Crippen LogP contribution in [0.4, 0.5) is 23.2 Å². The highest BCUT2D eigenvalue weighted by atomic mass is 35.5. The maximum Gasteiger partial charge on any atom is 0.417 e. The summed E-state index contributed by atoms with van der Waals surface area (Å²) in [7, 11) is 0. The van der Waals surface area contributed by atoms with E-state index in [1.54, 1.807) is 6.07 Å². The van der Waals surface area contributed by atoms with Gasteiger partial charge in [-0.2, -0.15) is 13.2 Å². The molecule has 2 aromatic rings. The average molecular weight is 302 g/mol. The molecule has 0 saturated carbocycles. The molecule has 1 nitrogen and oxygen atoms in total. The first kappa shape index (κ1) is 14.5. The number of alkyl halides is 3. The van der Waals surface area contributed by atoms with E-state index in [1.807, 2.05) is 0 Å². The second kappa shape index (κ2) is 5.63. The Hall–Kier alpha value is -1.88. The molecule has 0 fully saturated rings. The van der Waals surface area contributed by atoms with Crippen molar-refractivity contribution in [2.75, 3.05) is 0 Å². The second-order valence-electron chi connectivity index (χ2n) is 3.98. The molecule has 0 spiro atoms. The Kier molecular flexibility index (Phi) is 4.09. The van der Waals surface area contributed by atoms with Gasteiger partial charge < -0.3 is 0 Å². The molecular weight excluding hydrogens is 294 g/mol. The second-order valence-corrected chi connectivity index (χ2v) is 4.38. The molecule has 2 rings (SSSR count). The van der Waals surface area contributed by atoms with Crippen LogP contribution in [0.25, 0.3) is 0 Å². The van der Waals surface area contributed by atoms with Crippen LogP contribution in [-0.2, 0) is 6.18 Å². The predicted octanol–water partition coefficient (Wildman–Crippen LogP) is 5.25. The maximum atomic E-state index is 12.9. The SMILES string of the molecule is Fc1cccc(C=Nc2ccc(Cl)c(C(F)(F)F)c2)c1. The van der Waals surface area contributed by atoms with Gasteiger partial charge >= 0.3 is 6.18 Å². The summed E-state index contributed by atoms with van der Waals surface area (Å²) in [4.78, 5) is 3.88. The van der Waals surface area contributed by atoms with Crippen molar-refractivity contribution in [3.8, 4) is 0 Å². The van der Waals surface area contributed by atoms with Crippen molar-refractivity contribution in [3.63, 3.8) is 0 Å². The minimum absolute atomic E-state index is 0.0889. The lowest BCUT2D eigenvalue weighted by Gasteiger charge is -2.09. The van der Waals surface area contributed by atoms with Gasteiger partial charge in [0.15, 0.2) is 0 Å². The Morgan fingerprint density at radius 2 is 1.80 bits per heavy atom. The topological polar surface area (TPSA) is 12.4 Å². The van der Waals surface area contributed by atoms with Crippen LogP contribution in [-0.4, -0.2) is 6.21 Å². The van der Waals surface area contributed by atoms with Crippen LogP contribution in [0.3, 0.4) is 0 Å². The van der Waals surface area contributed by atoms with Crippen LogP contribution in [0.15, 0.2) is 47.5 Å². The molecule has 0 aromatic heterocycles. The fraction of sp³-hybridized carbons (Fsp3) is 0.0714. The summed E-state index contributed by atoms with van der Waals surface area (Å²) in [5, 5.41) is -0.387. The van der Waals surface area contributed by atoms with E-state index in [0.717, 1.165) is 12.1 Å². The molecule has 0 radical (unpaired) electrons. The van der Waals surface area contributed by atoms with E-state index in [0.29, 0.717) is 5.56 Å². The molecule has 0 aliphatic carbocycles. The highest BCUT2D eigenvalue weighted by Crippen LogP contribution is 2.36. The van der Waals surface area contributed by atoms with Crippen molar-refractivity contribution in [2.24, 2.45) is 4.99 Å². The van der Waals surface area contributed by atoms with E-state index in [9.17, 15) is 17.6 Å². The minimum Gasteiger partial charge on any atom is -0.256 e. The molecule has 0 amide bonds. The summed E-state index contributed by atoms with van der Waals surface area (Å²) >= 11 is 5.50. The third-order valence-electron chi connectivity index (χ3n) is 2.47. The molecule has 0 saturated heterocycles. The van der Waals surface area contributed by atoms with Crippen LogP contribution in [0, 0.1) is 5.82 Å². The van der Waals surface area contributed by atoms with Gasteiger partial charge in [0.1, 0.15) is 5.82 Å². The van der Waals surface area contributed by atoms with E-state index in [4.69, 9.17) is 11.6 Å². The van der Waals surface area contributed by atoms with Gasteiger partial charge in [0.2, 0.25) is 0 Å². The monoisotopic (exact) mass is 301 g/mol. The molecule has 0 unspecified atom stereocenters. The molecule has 0 aliphatic heterocycles. The average Bonchev–Trinajstić information content (AvgIpc) is 2.36. The smallest absolute Gasteiger partial charge is 0.256 e. The predicted molar refractivity (Wildman–Crippen MR) is 70.1 cm³/mol. The van der Waals surface area contributed by atoms with Crippen molar-refractivity contribution in [1.82, 2.24) is 0 Å². The van der Waals surface area contributed by atoms with Crippen molar-refractivity contribution >= 4 is 23.5 Å². The van der Waals surface area contributed by atoms with Crippen molar-refractivity contribution in [2.45, 2.75) is 6.18 Å². The molecule has 0 atom stereocenters. The number of rotatable bonds is 2. The standard InChI is InChI=1S/C14H8ClF4N/c15-13-5-4-11(7-12(13)14(17,18)19)20-8-9-2-1-3-10(16)6-9/h1-8H. The molecule has 20 heavy (non-hydrogen) atoms. The number of benzene rings is 2. The Morgan fingerprint density at radius 3 is 2.45 bits per heavy atom. The summed E-state index contributed by atoms with van der Waals surface area (Å²) in [6.07, 6.45) is -3.26. The van der Waals surface area contributed by atoms with E-state index < -0.39 is 17.6 Å². The van der Waals surface area contributed by atoms with Gasteiger partial charge in [-0.25, -0.2) is 4.39 Å². The quantitative estimate of drug-likeness (QED) is 0.531. The van der Waals surface area contributed by atoms with Gasteiger partial charge in [0, 0.05) is 6.21 Å². The lowest BCUT2D eigenvalue weighted by molar-refractivity contribution is -0.137. The van der Waals surface area contributed by atoms with Crippen LogP contribution >= 0.6 is 11.6 Å². The Labute approximate surface area is 117 Å². The number of aliphatic imine (C=N–C) groups is 1. The lowest BCUT2D eigenvalue weighted by atomic mass is 10.2. The molecule has 0 bridgehead atoms. The summed E-state index contributed by atoms with van der Waals surface area (Å²) in [6.45, 7) is 0. The fourth-order valence-corrected chi connectivity index (χ4v) is 1.77. The zero-order chi connectivity index (χ0) is 14.8. The van der Waals surface area contributed by atoms with Crippen molar-refractivity contribution < 1.29 is 17.6 Å². The van der Waals surface area contributed by atoms with Crippen molar-refractivity contribution in [3.05, 3.63) is 64.4 Å². The third kappa shape index (κ3) is 3.57. The van der Waals surface area contributed by atoms with Gasteiger partial charge in [0.25, 0.3) is 0 Å². The summed E-state index contributed by atoms with van der Waals surface area (Å²) in [6, 6.07) is 8.90. The van der Waals surface area contributed by atoms with Crippen LogP contribution in [0.2, 0.25) is 5.02 Å². The third-order valence-corrected chi connectivity index (χ3v) is 2.80. The van der Waals surface area contributed by atoms with E-state index in [-0.39, 0.29) is 10.7 Å². The maximum absolute atomic E-state index is 12.9. The number of hydrogen-bond donors (Lipinski definition) is 0. The molecule has 0 N–H and O–H groups in total. The van der Waals surface area contributed by atoms with Crippen molar-refractivity contribution in [1.29, 1.82) is 0 Å². The first-order chi connectivity index (χ1) is 9.36. The zero-order valence-corrected chi connectivity index (χ0v) is 10.7. The number of hydrogen-bond acceptors (Lipinski definition) is 1. The highest BCUT2D eigenvalue weighted by Gasteiger charge is 2.33. The highest BCUT2D eigenvalue weighted by molar-refractivity contribution is 6.31. The van der Waals surface area contributed by atoms with E-state index >= 15 is 0 Å². The van der Waals surface area contributed by atoms with Gasteiger partial charge in [-0.15, -0.1) is 0 Å². The largest absolute Gasteiger partial charge is 0.417 e. The molecule has 0 heterocycles. The van der Waals surface area contributed by atoms with Gasteiger partial charge in [-0.3, -0.25) is 4.99 Å². The summed E-state index contributed by atoms with van der Waals surface area (Å²) in [5.41, 5.74) is -0.410. The van der Waals surface area contributed by atoms with Gasteiger partial charge in [-0.1, -0.05) is 23.7 Å². The Bertz CT molecular complexity index is 650. The molecule has 104 valence electrons. The molecular formula is C14H8ClF4N. The van der Waals surface area contributed by atoms with Crippen LogP contribution in [0.1, 0.15) is 11.1 Å². The Morgan fingerprint density at radius 1 is 1.05 bits per heavy atom. The zero-order valence-electron chi connectivity index (χ0n) is 9.96. The minimum atomic E-state index is -4.54. The molecule has 2 aromatic carbocycles. The fourth-order valence-electron chi connectivity index (χ4n) is 1.55. The summed E-state index contributed by atoms with van der Waals surface area (Å²) < 4.78 is 50.9. The molecule has 6 heteroatoms. The first-order valence-electron chi connectivity index (χ1n) is 5.52. The van der Waals surface area contributed by atoms with E-state index in [1.165, 1.54) is 30.5 Å². The van der Waals surface area contributed by atoms with Crippen LogP contribution in [0.5, 0.6) is 0 Å². The first-order valence-corrected chi connectivity index (χ1v) is 5.90. The Balaban J connectivity index is 2.31. The number of nitrogens with zero attached hydrogens (tertiary/aromatic N) is 1. The normalized spacial score (nSPS) is 12.1. The lowest BCUT2D eigenvalue weighted by Crippen LogP contribution is -2.05. The van der Waals surface area contributed by atoms with Gasteiger partial charge in [0.05, 0.1) is 16.3 Å². The number of halogens is 5. The van der Waals surface area contributed by atoms with E-state index in [2.05, 4.69) is 4.99 Å². The molecule has 0 aliphatic rings. The van der Waals surface area contributed by atoms with Crippen LogP contribution < -0.4 is 0 Å². The van der Waals surface area contributed by atoms with Gasteiger partial charge in [-0.05, 0) is 35.9 Å².